The molecule has 0 amide bonds. The third-order valence-electron chi connectivity index (χ3n) is 3.02. The predicted molar refractivity (Wildman–Crippen MR) is 78.2 cm³/mol. The quantitative estimate of drug-likeness (QED) is 0.883. The second-order valence-corrected chi connectivity index (χ2v) is 5.79. The van der Waals surface area contributed by atoms with E-state index in [4.69, 9.17) is 0 Å². The summed E-state index contributed by atoms with van der Waals surface area (Å²) < 4.78 is 0. The van der Waals surface area contributed by atoms with Gasteiger partial charge in [0.1, 0.15) is 0 Å². The van der Waals surface area contributed by atoms with Gasteiger partial charge in [-0.1, -0.05) is 31.2 Å². The summed E-state index contributed by atoms with van der Waals surface area (Å²) in [6, 6.07) is 8.85. The van der Waals surface area contributed by atoms with Gasteiger partial charge in [-0.25, -0.2) is 4.98 Å². The average Bonchev–Trinajstić information content (AvgIpc) is 2.78. The summed E-state index contributed by atoms with van der Waals surface area (Å²) >= 11 is 1.78. The fourth-order valence-corrected chi connectivity index (χ4v) is 2.95. The Balaban J connectivity index is 2.33. The molecular weight excluding hydrogens is 240 g/mol. The summed E-state index contributed by atoms with van der Waals surface area (Å²) in [5.74, 6) is 0. The fourth-order valence-electron chi connectivity index (χ4n) is 2.07. The van der Waals surface area contributed by atoms with E-state index in [2.05, 4.69) is 55.3 Å². The van der Waals surface area contributed by atoms with Gasteiger partial charge in [0, 0.05) is 11.1 Å². The Bertz CT molecular complexity index is 505. The Labute approximate surface area is 113 Å². The van der Waals surface area contributed by atoms with Crippen LogP contribution in [0.2, 0.25) is 0 Å². The minimum atomic E-state index is 0.275. The first-order chi connectivity index (χ1) is 8.72. The lowest BCUT2D eigenvalue weighted by molar-refractivity contribution is 0.603. The number of thiazole rings is 1. The SMILES string of the molecule is CCCNC(c1cnc(C)s1)c1ccccc1C. The van der Waals surface area contributed by atoms with E-state index in [0.717, 1.165) is 18.0 Å². The first kappa shape index (κ1) is 13.2. The fraction of sp³-hybridized carbons (Fsp3) is 0.400. The maximum Gasteiger partial charge on any atom is 0.0897 e. The third kappa shape index (κ3) is 2.98. The standard InChI is InChI=1S/C15H20N2S/c1-4-9-16-15(14-10-17-12(3)18-14)13-8-6-5-7-11(13)2/h5-8,10,15-16H,4,9H2,1-3H3. The Kier molecular flexibility index (Phi) is 4.50. The van der Waals surface area contributed by atoms with Crippen LogP contribution in [0.4, 0.5) is 0 Å². The highest BCUT2D eigenvalue weighted by molar-refractivity contribution is 7.11. The summed E-state index contributed by atoms with van der Waals surface area (Å²) in [7, 11) is 0. The number of aromatic nitrogens is 1. The van der Waals surface area contributed by atoms with Crippen molar-refractivity contribution in [1.82, 2.24) is 10.3 Å². The Hall–Kier alpha value is -1.19. The van der Waals surface area contributed by atoms with Crippen molar-refractivity contribution in [3.8, 4) is 0 Å². The monoisotopic (exact) mass is 260 g/mol. The largest absolute Gasteiger partial charge is 0.306 e. The molecule has 1 heterocycles. The molecule has 0 aliphatic carbocycles. The van der Waals surface area contributed by atoms with Crippen molar-refractivity contribution in [3.63, 3.8) is 0 Å². The highest BCUT2D eigenvalue weighted by Crippen LogP contribution is 2.28. The minimum absolute atomic E-state index is 0.275. The van der Waals surface area contributed by atoms with Gasteiger partial charge in [0.25, 0.3) is 0 Å². The zero-order valence-electron chi connectivity index (χ0n) is 11.2. The first-order valence-corrected chi connectivity index (χ1v) is 7.25. The Morgan fingerprint density at radius 1 is 1.28 bits per heavy atom. The van der Waals surface area contributed by atoms with Gasteiger partial charge in [-0.2, -0.15) is 0 Å². The van der Waals surface area contributed by atoms with Crippen molar-refractivity contribution >= 4 is 11.3 Å². The first-order valence-electron chi connectivity index (χ1n) is 6.43. The van der Waals surface area contributed by atoms with Crippen LogP contribution in [0.25, 0.3) is 0 Å². The number of aryl methyl sites for hydroxylation is 2. The van der Waals surface area contributed by atoms with Gasteiger partial charge in [0.05, 0.1) is 11.0 Å². The molecule has 0 saturated carbocycles. The van der Waals surface area contributed by atoms with E-state index in [0.29, 0.717) is 0 Å². The van der Waals surface area contributed by atoms with Gasteiger partial charge in [0.2, 0.25) is 0 Å². The van der Waals surface area contributed by atoms with Crippen LogP contribution in [0.15, 0.2) is 30.5 Å². The topological polar surface area (TPSA) is 24.9 Å². The molecule has 0 fully saturated rings. The van der Waals surface area contributed by atoms with E-state index >= 15 is 0 Å². The molecule has 0 saturated heterocycles. The van der Waals surface area contributed by atoms with Crippen LogP contribution in [-0.4, -0.2) is 11.5 Å². The lowest BCUT2D eigenvalue weighted by atomic mass is 10.0. The van der Waals surface area contributed by atoms with Gasteiger partial charge in [-0.3, -0.25) is 0 Å². The van der Waals surface area contributed by atoms with E-state index < -0.39 is 0 Å². The van der Waals surface area contributed by atoms with Crippen molar-refractivity contribution in [1.29, 1.82) is 0 Å². The van der Waals surface area contributed by atoms with Crippen molar-refractivity contribution in [2.45, 2.75) is 33.2 Å². The van der Waals surface area contributed by atoms with Crippen LogP contribution in [0, 0.1) is 13.8 Å². The molecule has 0 aliphatic rings. The van der Waals surface area contributed by atoms with Crippen molar-refractivity contribution in [2.24, 2.45) is 0 Å². The molecule has 1 unspecified atom stereocenters. The highest BCUT2D eigenvalue weighted by Gasteiger charge is 2.17. The molecule has 1 atom stereocenters. The van der Waals surface area contributed by atoms with Crippen LogP contribution in [0.3, 0.4) is 0 Å². The van der Waals surface area contributed by atoms with Crippen molar-refractivity contribution < 1.29 is 0 Å². The molecule has 0 aliphatic heterocycles. The molecular formula is C15H20N2S. The van der Waals surface area contributed by atoms with Gasteiger partial charge >= 0.3 is 0 Å². The molecule has 2 rings (SSSR count). The zero-order chi connectivity index (χ0) is 13.0. The molecule has 1 N–H and O–H groups in total. The second kappa shape index (κ2) is 6.12. The van der Waals surface area contributed by atoms with Gasteiger partial charge in [-0.05, 0) is 37.9 Å². The summed E-state index contributed by atoms with van der Waals surface area (Å²) in [5.41, 5.74) is 2.69. The number of nitrogens with one attached hydrogen (secondary N) is 1. The molecule has 1 aromatic carbocycles. The Morgan fingerprint density at radius 2 is 2.06 bits per heavy atom. The predicted octanol–water partition coefficient (Wildman–Crippen LogP) is 3.85. The maximum atomic E-state index is 4.38. The van der Waals surface area contributed by atoms with E-state index in [1.807, 2.05) is 6.20 Å². The lowest BCUT2D eigenvalue weighted by Crippen LogP contribution is -2.23. The van der Waals surface area contributed by atoms with Gasteiger partial charge < -0.3 is 5.32 Å². The van der Waals surface area contributed by atoms with E-state index in [-0.39, 0.29) is 6.04 Å². The lowest BCUT2D eigenvalue weighted by Gasteiger charge is -2.19. The molecule has 96 valence electrons. The summed E-state index contributed by atoms with van der Waals surface area (Å²) in [6.07, 6.45) is 3.14. The number of benzene rings is 1. The molecule has 1 aromatic heterocycles. The normalized spacial score (nSPS) is 12.6. The highest BCUT2D eigenvalue weighted by atomic mass is 32.1. The number of nitrogens with zero attached hydrogens (tertiary/aromatic N) is 1. The van der Waals surface area contributed by atoms with E-state index in [9.17, 15) is 0 Å². The summed E-state index contributed by atoms with van der Waals surface area (Å²) in [5, 5.41) is 4.75. The second-order valence-electron chi connectivity index (χ2n) is 4.53. The summed E-state index contributed by atoms with van der Waals surface area (Å²) in [4.78, 5) is 5.68. The molecule has 2 aromatic rings. The van der Waals surface area contributed by atoms with Crippen LogP contribution in [-0.2, 0) is 0 Å². The number of hydrogen-bond donors (Lipinski definition) is 1. The molecule has 0 spiro atoms. The van der Waals surface area contributed by atoms with E-state index in [1.54, 1.807) is 11.3 Å². The van der Waals surface area contributed by atoms with Crippen molar-refractivity contribution in [2.75, 3.05) is 6.54 Å². The number of hydrogen-bond acceptors (Lipinski definition) is 3. The van der Waals surface area contributed by atoms with Crippen LogP contribution >= 0.6 is 11.3 Å². The minimum Gasteiger partial charge on any atom is -0.306 e. The molecule has 0 radical (unpaired) electrons. The third-order valence-corrected chi connectivity index (χ3v) is 4.00. The van der Waals surface area contributed by atoms with Crippen LogP contribution < -0.4 is 5.32 Å². The van der Waals surface area contributed by atoms with Crippen molar-refractivity contribution in [3.05, 3.63) is 51.5 Å². The number of rotatable bonds is 5. The molecule has 18 heavy (non-hydrogen) atoms. The Morgan fingerprint density at radius 3 is 2.67 bits per heavy atom. The van der Waals surface area contributed by atoms with E-state index in [1.165, 1.54) is 16.0 Å². The van der Waals surface area contributed by atoms with Gasteiger partial charge in [0.15, 0.2) is 0 Å². The maximum absolute atomic E-state index is 4.38. The van der Waals surface area contributed by atoms with Crippen LogP contribution in [0.5, 0.6) is 0 Å². The molecule has 3 heteroatoms. The zero-order valence-corrected chi connectivity index (χ0v) is 12.1. The van der Waals surface area contributed by atoms with Gasteiger partial charge in [-0.15, -0.1) is 11.3 Å². The molecule has 2 nitrogen and oxygen atoms in total. The van der Waals surface area contributed by atoms with Crippen LogP contribution in [0.1, 0.15) is 40.4 Å². The average molecular weight is 260 g/mol. The smallest absolute Gasteiger partial charge is 0.0897 e. The molecule has 0 bridgehead atoms. The summed E-state index contributed by atoms with van der Waals surface area (Å²) in [6.45, 7) is 7.45.